The molecule has 2 amide bonds. The molecule has 1 aliphatic heterocycles. The van der Waals surface area contributed by atoms with Crippen LogP contribution in [0.1, 0.15) is 25.0 Å². The van der Waals surface area contributed by atoms with Crippen molar-refractivity contribution in [2.24, 2.45) is 5.10 Å². The minimum atomic E-state index is -0.777. The second-order valence-electron chi connectivity index (χ2n) is 6.12. The van der Waals surface area contributed by atoms with E-state index in [0.717, 1.165) is 5.56 Å². The summed E-state index contributed by atoms with van der Waals surface area (Å²) in [6.07, 6.45) is -0.777. The van der Waals surface area contributed by atoms with Gasteiger partial charge in [0.1, 0.15) is 11.5 Å². The molecule has 142 valence electrons. The molecule has 8 heteroatoms. The Bertz CT molecular complexity index is 977. The maximum absolute atomic E-state index is 12.2. The summed E-state index contributed by atoms with van der Waals surface area (Å²) in [6, 6.07) is 13.7. The third-order valence-corrected chi connectivity index (χ3v) is 4.03. The zero-order valence-corrected chi connectivity index (χ0v) is 15.4. The van der Waals surface area contributed by atoms with Gasteiger partial charge in [0.05, 0.1) is 23.0 Å². The summed E-state index contributed by atoms with van der Waals surface area (Å²) in [5.74, 6) is 0.428. The highest BCUT2D eigenvalue weighted by atomic mass is 16.5. The average molecular weight is 378 g/mol. The number of amides is 2. The summed E-state index contributed by atoms with van der Waals surface area (Å²) in [7, 11) is 0. The molecular weight excluding hydrogens is 360 g/mol. The molecule has 0 unspecified atom stereocenters. The smallest absolute Gasteiger partial charge is 0.280 e. The minimum Gasteiger partial charge on any atom is -0.482 e. The Morgan fingerprint density at radius 2 is 2.07 bits per heavy atom. The van der Waals surface area contributed by atoms with Gasteiger partial charge >= 0.3 is 0 Å². The van der Waals surface area contributed by atoms with Gasteiger partial charge in [-0.05, 0) is 61.9 Å². The van der Waals surface area contributed by atoms with Gasteiger partial charge in [0, 0.05) is 0 Å². The van der Waals surface area contributed by atoms with Gasteiger partial charge in [0.15, 0.2) is 12.7 Å². The topological polar surface area (TPSA) is 113 Å². The number of rotatable bonds is 5. The second-order valence-corrected chi connectivity index (χ2v) is 6.12. The van der Waals surface area contributed by atoms with Gasteiger partial charge in [0.25, 0.3) is 11.8 Å². The number of hydrogen-bond donors (Lipinski definition) is 2. The van der Waals surface area contributed by atoms with Crippen molar-refractivity contribution in [2.45, 2.75) is 20.0 Å². The van der Waals surface area contributed by atoms with E-state index < -0.39 is 12.0 Å². The highest BCUT2D eigenvalue weighted by Crippen LogP contribution is 2.28. The number of carbonyl (C=O) groups excluding carboxylic acids is 2. The van der Waals surface area contributed by atoms with Gasteiger partial charge in [-0.25, -0.2) is 5.43 Å². The summed E-state index contributed by atoms with van der Waals surface area (Å²) in [5, 5.41) is 15.6. The van der Waals surface area contributed by atoms with E-state index in [0.29, 0.717) is 28.5 Å². The number of hydrogen-bond acceptors (Lipinski definition) is 6. The largest absolute Gasteiger partial charge is 0.482 e. The summed E-state index contributed by atoms with van der Waals surface area (Å²) in [4.78, 5) is 23.6. The van der Waals surface area contributed by atoms with Crippen LogP contribution in [-0.4, -0.2) is 30.2 Å². The number of nitrogens with zero attached hydrogens (tertiary/aromatic N) is 2. The molecule has 1 atom stereocenters. The van der Waals surface area contributed by atoms with E-state index in [4.69, 9.17) is 14.7 Å². The van der Waals surface area contributed by atoms with Gasteiger partial charge < -0.3 is 14.8 Å². The van der Waals surface area contributed by atoms with Crippen molar-refractivity contribution in [1.29, 1.82) is 5.26 Å². The van der Waals surface area contributed by atoms with Gasteiger partial charge in [-0.2, -0.15) is 10.4 Å². The number of anilines is 1. The fraction of sp³-hybridized carbons (Fsp3) is 0.200. The average Bonchev–Trinajstić information content (AvgIpc) is 2.71. The van der Waals surface area contributed by atoms with E-state index in [-0.39, 0.29) is 12.5 Å². The Hall–Kier alpha value is -3.86. The van der Waals surface area contributed by atoms with E-state index in [1.54, 1.807) is 56.3 Å². The second kappa shape index (κ2) is 8.22. The number of nitriles is 1. The number of hydrazone groups is 1. The van der Waals surface area contributed by atoms with Crippen LogP contribution in [-0.2, 0) is 9.59 Å². The number of fused-ring (bicyclic) bond motifs is 1. The highest BCUT2D eigenvalue weighted by molar-refractivity contribution is 6.02. The third-order valence-electron chi connectivity index (χ3n) is 4.03. The summed E-state index contributed by atoms with van der Waals surface area (Å²) < 4.78 is 10.9. The lowest BCUT2D eigenvalue weighted by molar-refractivity contribution is -0.127. The predicted octanol–water partition coefficient (Wildman–Crippen LogP) is 2.20. The summed E-state index contributed by atoms with van der Waals surface area (Å²) in [5.41, 5.74) is 4.82. The third kappa shape index (κ3) is 4.45. The molecule has 2 aromatic rings. The molecule has 28 heavy (non-hydrogen) atoms. The molecular formula is C20H18N4O4. The highest BCUT2D eigenvalue weighted by Gasteiger charge is 2.17. The molecule has 0 aromatic heterocycles. The molecule has 0 radical (unpaired) electrons. The summed E-state index contributed by atoms with van der Waals surface area (Å²) in [6.45, 7) is 3.33. The first-order valence-electron chi connectivity index (χ1n) is 8.54. The molecule has 0 aliphatic carbocycles. The molecule has 0 bridgehead atoms. The Morgan fingerprint density at radius 3 is 2.79 bits per heavy atom. The normalized spacial score (nSPS) is 14.0. The van der Waals surface area contributed by atoms with E-state index in [1.807, 2.05) is 6.07 Å². The maximum Gasteiger partial charge on any atom is 0.280 e. The molecule has 0 fully saturated rings. The van der Waals surface area contributed by atoms with Gasteiger partial charge in [-0.3, -0.25) is 9.59 Å². The van der Waals surface area contributed by atoms with Crippen LogP contribution < -0.4 is 20.2 Å². The van der Waals surface area contributed by atoms with Crippen LogP contribution >= 0.6 is 0 Å². The molecule has 8 nitrogen and oxygen atoms in total. The molecule has 3 rings (SSSR count). The van der Waals surface area contributed by atoms with Crippen LogP contribution in [0.4, 0.5) is 5.69 Å². The first kappa shape index (κ1) is 18.9. The zero-order chi connectivity index (χ0) is 20.1. The molecule has 1 aliphatic rings. The monoisotopic (exact) mass is 378 g/mol. The van der Waals surface area contributed by atoms with Crippen molar-refractivity contribution in [1.82, 2.24) is 5.43 Å². The molecule has 0 saturated carbocycles. The van der Waals surface area contributed by atoms with E-state index in [9.17, 15) is 9.59 Å². The van der Waals surface area contributed by atoms with Crippen molar-refractivity contribution in [2.75, 3.05) is 11.9 Å². The SMILES string of the molecule is C/C(=N/NC(=O)[C@@H](C)Oc1ccc(C#N)cc1)c1ccc2c(c1)NC(=O)CO2. The fourth-order valence-electron chi connectivity index (χ4n) is 2.47. The Morgan fingerprint density at radius 1 is 1.32 bits per heavy atom. The van der Waals surface area contributed by atoms with Crippen LogP contribution in [0.25, 0.3) is 0 Å². The zero-order valence-electron chi connectivity index (χ0n) is 15.4. The van der Waals surface area contributed by atoms with Gasteiger partial charge in [-0.1, -0.05) is 0 Å². The first-order valence-corrected chi connectivity index (χ1v) is 8.54. The Labute approximate surface area is 161 Å². The molecule has 2 N–H and O–H groups in total. The molecule has 2 aromatic carbocycles. The molecule has 0 spiro atoms. The van der Waals surface area contributed by atoms with Crippen molar-refractivity contribution in [3.63, 3.8) is 0 Å². The van der Waals surface area contributed by atoms with Crippen LogP contribution in [0.2, 0.25) is 0 Å². The number of carbonyl (C=O) groups is 2. The number of benzene rings is 2. The van der Waals surface area contributed by atoms with E-state index in [2.05, 4.69) is 15.8 Å². The standard InChI is InChI=1S/C20H18N4O4/c1-12(15-5-8-18-17(9-15)22-19(25)11-27-18)23-24-20(26)13(2)28-16-6-3-14(10-21)4-7-16/h3-9,13H,11H2,1-2H3,(H,22,25)(H,24,26)/b23-12-/t13-/m1/s1. The maximum atomic E-state index is 12.2. The van der Waals surface area contributed by atoms with Gasteiger partial charge in [0.2, 0.25) is 0 Å². The Kier molecular flexibility index (Phi) is 5.56. The van der Waals surface area contributed by atoms with Crippen molar-refractivity contribution >= 4 is 23.2 Å². The van der Waals surface area contributed by atoms with Crippen LogP contribution in [0, 0.1) is 11.3 Å². The van der Waals surface area contributed by atoms with Crippen LogP contribution in [0.5, 0.6) is 11.5 Å². The van der Waals surface area contributed by atoms with Gasteiger partial charge in [-0.15, -0.1) is 0 Å². The van der Waals surface area contributed by atoms with Crippen molar-refractivity contribution in [3.05, 3.63) is 53.6 Å². The molecule has 0 saturated heterocycles. The quantitative estimate of drug-likeness (QED) is 0.612. The van der Waals surface area contributed by atoms with E-state index in [1.165, 1.54) is 0 Å². The number of ether oxygens (including phenoxy) is 2. The Balaban J connectivity index is 1.62. The van der Waals surface area contributed by atoms with E-state index >= 15 is 0 Å². The minimum absolute atomic E-state index is 0.00734. The summed E-state index contributed by atoms with van der Waals surface area (Å²) >= 11 is 0. The predicted molar refractivity (Wildman–Crippen MR) is 102 cm³/mol. The van der Waals surface area contributed by atoms with Crippen molar-refractivity contribution in [3.8, 4) is 17.6 Å². The first-order chi connectivity index (χ1) is 13.5. The lowest BCUT2D eigenvalue weighted by Crippen LogP contribution is -2.34. The lowest BCUT2D eigenvalue weighted by Gasteiger charge is -2.18. The number of nitrogens with one attached hydrogen (secondary N) is 2. The van der Waals surface area contributed by atoms with Crippen molar-refractivity contribution < 1.29 is 19.1 Å². The van der Waals surface area contributed by atoms with Crippen LogP contribution in [0.15, 0.2) is 47.6 Å². The lowest BCUT2D eigenvalue weighted by atomic mass is 10.1. The van der Waals surface area contributed by atoms with Crippen LogP contribution in [0.3, 0.4) is 0 Å². The fourth-order valence-corrected chi connectivity index (χ4v) is 2.47. The molecule has 1 heterocycles.